The van der Waals surface area contributed by atoms with Crippen molar-refractivity contribution < 1.29 is 13.6 Å². The highest BCUT2D eigenvalue weighted by atomic mass is 19.3. The number of halogens is 2. The van der Waals surface area contributed by atoms with Gasteiger partial charge in [-0.25, -0.2) is 0 Å². The van der Waals surface area contributed by atoms with Crippen LogP contribution in [0.1, 0.15) is 12.8 Å². The van der Waals surface area contributed by atoms with Crippen LogP contribution in [-0.4, -0.2) is 18.4 Å². The van der Waals surface area contributed by atoms with E-state index in [-0.39, 0.29) is 6.04 Å². The van der Waals surface area contributed by atoms with Crippen LogP contribution in [0, 0.1) is 0 Å². The Balaban J connectivity index is 2.25. The van der Waals surface area contributed by atoms with E-state index in [2.05, 4.69) is 5.32 Å². The Kier molecular flexibility index (Phi) is 2.57. The summed E-state index contributed by atoms with van der Waals surface area (Å²) < 4.78 is 23.3. The van der Waals surface area contributed by atoms with E-state index in [0.29, 0.717) is 12.8 Å². The molecule has 0 spiro atoms. The van der Waals surface area contributed by atoms with Crippen molar-refractivity contribution in [3.05, 3.63) is 12.2 Å². The molecule has 1 aliphatic rings. The minimum atomic E-state index is -2.89. The van der Waals surface area contributed by atoms with Crippen LogP contribution in [0.4, 0.5) is 8.78 Å². The Bertz CT molecular complexity index is 171. The number of nitrogens with one attached hydrogen (secondary N) is 1. The third-order valence-corrected chi connectivity index (χ3v) is 1.55. The summed E-state index contributed by atoms with van der Waals surface area (Å²) in [6.45, 7) is 0. The molecule has 0 radical (unpaired) electrons. The average molecular weight is 161 g/mol. The maximum Gasteiger partial charge on any atom is 0.315 e. The second-order valence-corrected chi connectivity index (χ2v) is 2.45. The molecular formula is C7H9F2NO. The summed E-state index contributed by atoms with van der Waals surface area (Å²) in [5.74, 6) is -1.17. The second kappa shape index (κ2) is 3.46. The Morgan fingerprint density at radius 1 is 1.45 bits per heavy atom. The van der Waals surface area contributed by atoms with Gasteiger partial charge in [-0.05, 0) is 12.8 Å². The highest BCUT2D eigenvalue weighted by Crippen LogP contribution is 2.09. The molecule has 0 unspecified atom stereocenters. The normalized spacial score (nSPS) is 17.7. The molecule has 1 aliphatic carbocycles. The Morgan fingerprint density at radius 3 is 2.45 bits per heavy atom. The van der Waals surface area contributed by atoms with Crippen molar-refractivity contribution in [1.29, 1.82) is 0 Å². The summed E-state index contributed by atoms with van der Waals surface area (Å²) in [5.41, 5.74) is 0. The monoisotopic (exact) mass is 161 g/mol. The van der Waals surface area contributed by atoms with E-state index in [4.69, 9.17) is 0 Å². The van der Waals surface area contributed by atoms with Gasteiger partial charge in [0.25, 0.3) is 5.91 Å². The molecule has 0 aromatic rings. The molecule has 0 saturated carbocycles. The van der Waals surface area contributed by atoms with E-state index in [1.54, 1.807) is 0 Å². The Labute approximate surface area is 63.3 Å². The van der Waals surface area contributed by atoms with Crippen LogP contribution < -0.4 is 5.32 Å². The first-order valence-electron chi connectivity index (χ1n) is 3.43. The molecule has 0 atom stereocenters. The fourth-order valence-electron chi connectivity index (χ4n) is 0.999. The van der Waals surface area contributed by atoms with Gasteiger partial charge < -0.3 is 5.32 Å². The first kappa shape index (κ1) is 8.17. The molecule has 1 N–H and O–H groups in total. The molecule has 0 saturated heterocycles. The topological polar surface area (TPSA) is 29.1 Å². The van der Waals surface area contributed by atoms with Gasteiger partial charge in [0.15, 0.2) is 0 Å². The van der Waals surface area contributed by atoms with Crippen LogP contribution in [0.3, 0.4) is 0 Å². The molecule has 0 bridgehead atoms. The van der Waals surface area contributed by atoms with Crippen LogP contribution in [-0.2, 0) is 4.79 Å². The van der Waals surface area contributed by atoms with Gasteiger partial charge in [0.1, 0.15) is 0 Å². The molecule has 0 aromatic carbocycles. The zero-order chi connectivity index (χ0) is 8.27. The SMILES string of the molecule is O=C(NC1CC=CC1)C(F)F. The van der Waals surface area contributed by atoms with Crippen molar-refractivity contribution in [3.8, 4) is 0 Å². The van der Waals surface area contributed by atoms with E-state index in [9.17, 15) is 13.6 Å². The van der Waals surface area contributed by atoms with Crippen LogP contribution in [0.5, 0.6) is 0 Å². The van der Waals surface area contributed by atoms with Crippen LogP contribution in [0.2, 0.25) is 0 Å². The number of hydrogen-bond acceptors (Lipinski definition) is 1. The first-order valence-corrected chi connectivity index (χ1v) is 3.43. The highest BCUT2D eigenvalue weighted by Gasteiger charge is 2.19. The molecule has 0 heterocycles. The second-order valence-electron chi connectivity index (χ2n) is 2.45. The molecular weight excluding hydrogens is 152 g/mol. The smallest absolute Gasteiger partial charge is 0.315 e. The third kappa shape index (κ3) is 2.29. The summed E-state index contributed by atoms with van der Waals surface area (Å²) in [5, 5.41) is 2.23. The minimum absolute atomic E-state index is 0.114. The van der Waals surface area contributed by atoms with E-state index in [0.717, 1.165) is 0 Å². The quantitative estimate of drug-likeness (QED) is 0.603. The maximum absolute atomic E-state index is 11.6. The van der Waals surface area contributed by atoms with E-state index in [1.807, 2.05) is 12.2 Å². The Hall–Kier alpha value is -0.930. The third-order valence-electron chi connectivity index (χ3n) is 1.55. The molecule has 62 valence electrons. The number of carbonyl (C=O) groups excluding carboxylic acids is 1. The molecule has 11 heavy (non-hydrogen) atoms. The van der Waals surface area contributed by atoms with Gasteiger partial charge in [0.2, 0.25) is 0 Å². The van der Waals surface area contributed by atoms with Gasteiger partial charge in [-0.3, -0.25) is 4.79 Å². The van der Waals surface area contributed by atoms with Crippen molar-refractivity contribution in [2.75, 3.05) is 0 Å². The van der Waals surface area contributed by atoms with Gasteiger partial charge in [0.05, 0.1) is 0 Å². The summed E-state index contributed by atoms with van der Waals surface area (Å²) in [6, 6.07) is -0.114. The summed E-state index contributed by atoms with van der Waals surface area (Å²) in [6.07, 6.45) is 2.18. The largest absolute Gasteiger partial charge is 0.348 e. The molecule has 1 rings (SSSR count). The fourth-order valence-corrected chi connectivity index (χ4v) is 0.999. The van der Waals surface area contributed by atoms with Crippen molar-refractivity contribution >= 4 is 5.91 Å². The lowest BCUT2D eigenvalue weighted by Gasteiger charge is -2.10. The van der Waals surface area contributed by atoms with Gasteiger partial charge in [-0.15, -0.1) is 0 Å². The van der Waals surface area contributed by atoms with Gasteiger partial charge in [-0.1, -0.05) is 12.2 Å². The van der Waals surface area contributed by atoms with Gasteiger partial charge in [0, 0.05) is 6.04 Å². The van der Waals surface area contributed by atoms with Gasteiger partial charge >= 0.3 is 6.43 Å². The molecule has 2 nitrogen and oxygen atoms in total. The number of hydrogen-bond donors (Lipinski definition) is 1. The van der Waals surface area contributed by atoms with Crippen LogP contribution in [0.15, 0.2) is 12.2 Å². The van der Waals surface area contributed by atoms with Crippen molar-refractivity contribution in [1.82, 2.24) is 5.32 Å². The summed E-state index contributed by atoms with van der Waals surface area (Å²) >= 11 is 0. The molecule has 1 amide bonds. The molecule has 0 aliphatic heterocycles. The summed E-state index contributed by atoms with van der Waals surface area (Å²) in [7, 11) is 0. The summed E-state index contributed by atoms with van der Waals surface area (Å²) in [4.78, 5) is 10.4. The highest BCUT2D eigenvalue weighted by molar-refractivity contribution is 5.79. The van der Waals surface area contributed by atoms with E-state index in [1.165, 1.54) is 0 Å². The standard InChI is InChI=1S/C7H9F2NO/c8-6(9)7(11)10-5-3-1-2-4-5/h1-2,5-6H,3-4H2,(H,10,11). The van der Waals surface area contributed by atoms with E-state index < -0.39 is 12.3 Å². The van der Waals surface area contributed by atoms with Crippen LogP contribution in [0.25, 0.3) is 0 Å². The maximum atomic E-state index is 11.6. The molecule has 4 heteroatoms. The lowest BCUT2D eigenvalue weighted by molar-refractivity contribution is -0.132. The zero-order valence-corrected chi connectivity index (χ0v) is 5.89. The lowest BCUT2D eigenvalue weighted by atomic mass is 10.2. The minimum Gasteiger partial charge on any atom is -0.348 e. The predicted octanol–water partition coefficient (Wildman–Crippen LogP) is 1.09. The Morgan fingerprint density at radius 2 is 2.00 bits per heavy atom. The van der Waals surface area contributed by atoms with Crippen LogP contribution >= 0.6 is 0 Å². The van der Waals surface area contributed by atoms with Gasteiger partial charge in [-0.2, -0.15) is 8.78 Å². The fraction of sp³-hybridized carbons (Fsp3) is 0.571. The van der Waals surface area contributed by atoms with E-state index >= 15 is 0 Å². The lowest BCUT2D eigenvalue weighted by Crippen LogP contribution is -2.36. The number of alkyl halides is 2. The average Bonchev–Trinajstić information content (AvgIpc) is 2.39. The first-order chi connectivity index (χ1) is 5.20. The van der Waals surface area contributed by atoms with Crippen molar-refractivity contribution in [3.63, 3.8) is 0 Å². The number of carbonyl (C=O) groups is 1. The zero-order valence-electron chi connectivity index (χ0n) is 5.89. The van der Waals surface area contributed by atoms with Crippen molar-refractivity contribution in [2.24, 2.45) is 0 Å². The number of amides is 1. The molecule has 0 fully saturated rings. The number of rotatable bonds is 2. The van der Waals surface area contributed by atoms with Crippen molar-refractivity contribution in [2.45, 2.75) is 25.3 Å². The molecule has 0 aromatic heterocycles. The predicted molar refractivity (Wildman–Crippen MR) is 36.3 cm³/mol.